The molecule has 0 saturated heterocycles. The van der Waals surface area contributed by atoms with Gasteiger partial charge in [0.2, 0.25) is 0 Å². The highest BCUT2D eigenvalue weighted by Crippen LogP contribution is 2.32. The zero-order chi connectivity index (χ0) is 10.4. The van der Waals surface area contributed by atoms with E-state index in [2.05, 4.69) is 4.90 Å². The van der Waals surface area contributed by atoms with Crippen LogP contribution in [0.5, 0.6) is 0 Å². The number of ether oxygens (including phenoxy) is 2. The smallest absolute Gasteiger partial charge is 0.0589 e. The average Bonchev–Trinajstić information content (AvgIpc) is 2.89. The van der Waals surface area contributed by atoms with Crippen LogP contribution in [0.25, 0.3) is 0 Å². The van der Waals surface area contributed by atoms with Gasteiger partial charge in [0.25, 0.3) is 0 Å². The lowest BCUT2D eigenvalue weighted by Gasteiger charge is -2.24. The van der Waals surface area contributed by atoms with Gasteiger partial charge in [0.05, 0.1) is 13.2 Å². The monoisotopic (exact) mass is 202 g/mol. The summed E-state index contributed by atoms with van der Waals surface area (Å²) in [5.74, 6) is 0. The second-order valence-corrected chi connectivity index (χ2v) is 4.12. The Bertz CT molecular complexity index is 152. The minimum atomic E-state index is 0.0848. The predicted molar refractivity (Wildman–Crippen MR) is 56.3 cm³/mol. The fourth-order valence-electron chi connectivity index (χ4n) is 1.47. The molecule has 0 aliphatic heterocycles. The van der Waals surface area contributed by atoms with E-state index in [9.17, 15) is 0 Å². The van der Waals surface area contributed by atoms with E-state index in [1.807, 2.05) is 0 Å². The van der Waals surface area contributed by atoms with Crippen LogP contribution in [0.3, 0.4) is 0 Å². The van der Waals surface area contributed by atoms with Crippen molar-refractivity contribution < 1.29 is 9.47 Å². The summed E-state index contributed by atoms with van der Waals surface area (Å²) in [7, 11) is 3.45. The van der Waals surface area contributed by atoms with Gasteiger partial charge in [0, 0.05) is 39.4 Å². The van der Waals surface area contributed by atoms with Gasteiger partial charge >= 0.3 is 0 Å². The highest BCUT2D eigenvalue weighted by Gasteiger charge is 2.39. The van der Waals surface area contributed by atoms with E-state index in [1.54, 1.807) is 14.2 Å². The Labute approximate surface area is 86.3 Å². The number of methoxy groups -OCH3 is 2. The van der Waals surface area contributed by atoms with Crippen molar-refractivity contribution in [1.29, 1.82) is 0 Å². The van der Waals surface area contributed by atoms with E-state index in [-0.39, 0.29) is 5.54 Å². The molecule has 0 radical (unpaired) electrons. The van der Waals surface area contributed by atoms with Gasteiger partial charge in [0.15, 0.2) is 0 Å². The molecular formula is C10H22N2O2. The molecule has 0 unspecified atom stereocenters. The number of hydrogen-bond donors (Lipinski definition) is 1. The Hall–Kier alpha value is -0.160. The summed E-state index contributed by atoms with van der Waals surface area (Å²) >= 11 is 0. The van der Waals surface area contributed by atoms with Gasteiger partial charge in [-0.3, -0.25) is 4.90 Å². The maximum Gasteiger partial charge on any atom is 0.0589 e. The van der Waals surface area contributed by atoms with Gasteiger partial charge < -0.3 is 15.2 Å². The first-order valence-electron chi connectivity index (χ1n) is 5.19. The van der Waals surface area contributed by atoms with E-state index >= 15 is 0 Å². The molecule has 1 aliphatic rings. The molecule has 0 amide bonds. The Balaban J connectivity index is 2.20. The van der Waals surface area contributed by atoms with Crippen LogP contribution in [0.1, 0.15) is 12.8 Å². The second-order valence-electron chi connectivity index (χ2n) is 4.12. The van der Waals surface area contributed by atoms with E-state index in [0.29, 0.717) is 0 Å². The molecule has 0 aromatic carbocycles. The van der Waals surface area contributed by atoms with Crippen LogP contribution in [0.2, 0.25) is 0 Å². The first-order valence-corrected chi connectivity index (χ1v) is 5.19. The van der Waals surface area contributed by atoms with Gasteiger partial charge in [-0.2, -0.15) is 0 Å². The topological polar surface area (TPSA) is 47.7 Å². The Morgan fingerprint density at radius 3 is 2.00 bits per heavy atom. The summed E-state index contributed by atoms with van der Waals surface area (Å²) in [5, 5.41) is 0. The molecule has 0 aromatic rings. The highest BCUT2D eigenvalue weighted by molar-refractivity contribution is 5.00. The number of hydrogen-bond acceptors (Lipinski definition) is 4. The molecule has 0 spiro atoms. The molecule has 1 saturated carbocycles. The van der Waals surface area contributed by atoms with Gasteiger partial charge in [-0.25, -0.2) is 0 Å². The predicted octanol–water partition coefficient (Wildman–Crippen LogP) is 0.0725. The highest BCUT2D eigenvalue weighted by atomic mass is 16.5. The van der Waals surface area contributed by atoms with Crippen LogP contribution < -0.4 is 5.73 Å². The van der Waals surface area contributed by atoms with E-state index in [1.165, 1.54) is 0 Å². The van der Waals surface area contributed by atoms with Crippen molar-refractivity contribution in [3.8, 4) is 0 Å². The lowest BCUT2D eigenvalue weighted by molar-refractivity contribution is 0.109. The largest absolute Gasteiger partial charge is 0.383 e. The molecule has 14 heavy (non-hydrogen) atoms. The van der Waals surface area contributed by atoms with Crippen LogP contribution in [0.4, 0.5) is 0 Å². The van der Waals surface area contributed by atoms with Gasteiger partial charge in [0.1, 0.15) is 0 Å². The summed E-state index contributed by atoms with van der Waals surface area (Å²) in [6.45, 7) is 4.39. The molecule has 0 heterocycles. The normalized spacial score (nSPS) is 18.9. The lowest BCUT2D eigenvalue weighted by Crippen LogP contribution is -2.42. The fourth-order valence-corrected chi connectivity index (χ4v) is 1.47. The third-order valence-corrected chi connectivity index (χ3v) is 2.65. The maximum absolute atomic E-state index is 6.07. The first kappa shape index (κ1) is 11.9. The molecule has 4 nitrogen and oxygen atoms in total. The summed E-state index contributed by atoms with van der Waals surface area (Å²) in [6, 6.07) is 0. The SMILES string of the molecule is COCCN(CCOC)CC1(N)CC1. The standard InChI is InChI=1S/C10H22N2O2/c1-13-7-5-12(6-8-14-2)9-10(11)3-4-10/h3-9,11H2,1-2H3. The molecule has 1 fully saturated rings. The third kappa shape index (κ3) is 4.37. The quantitative estimate of drug-likeness (QED) is 0.605. The molecule has 1 aliphatic carbocycles. The first-order chi connectivity index (χ1) is 6.70. The summed E-state index contributed by atoms with van der Waals surface area (Å²) < 4.78 is 10.1. The van der Waals surface area contributed by atoms with Crippen molar-refractivity contribution in [3.63, 3.8) is 0 Å². The maximum atomic E-state index is 6.07. The average molecular weight is 202 g/mol. The number of rotatable bonds is 8. The zero-order valence-electron chi connectivity index (χ0n) is 9.29. The minimum Gasteiger partial charge on any atom is -0.383 e. The minimum absolute atomic E-state index is 0.0848. The van der Waals surface area contributed by atoms with Crippen molar-refractivity contribution in [2.24, 2.45) is 5.73 Å². The van der Waals surface area contributed by atoms with Crippen LogP contribution in [0.15, 0.2) is 0 Å². The van der Waals surface area contributed by atoms with Crippen LogP contribution in [0, 0.1) is 0 Å². The second kappa shape index (κ2) is 5.66. The van der Waals surface area contributed by atoms with E-state index in [0.717, 1.165) is 45.7 Å². The van der Waals surface area contributed by atoms with Gasteiger partial charge in [-0.1, -0.05) is 0 Å². The third-order valence-electron chi connectivity index (χ3n) is 2.65. The summed E-state index contributed by atoms with van der Waals surface area (Å²) in [5.41, 5.74) is 6.15. The molecule has 4 heteroatoms. The van der Waals surface area contributed by atoms with Crippen LogP contribution in [-0.2, 0) is 9.47 Å². The van der Waals surface area contributed by atoms with Crippen molar-refractivity contribution in [2.45, 2.75) is 18.4 Å². The van der Waals surface area contributed by atoms with Crippen molar-refractivity contribution in [3.05, 3.63) is 0 Å². The summed E-state index contributed by atoms with van der Waals surface area (Å²) in [4.78, 5) is 2.32. The molecule has 0 aromatic heterocycles. The van der Waals surface area contributed by atoms with E-state index < -0.39 is 0 Å². The Morgan fingerprint density at radius 1 is 1.14 bits per heavy atom. The number of nitrogens with two attached hydrogens (primary N) is 1. The molecule has 2 N–H and O–H groups in total. The summed E-state index contributed by atoms with van der Waals surface area (Å²) in [6.07, 6.45) is 2.31. The van der Waals surface area contributed by atoms with Crippen molar-refractivity contribution in [1.82, 2.24) is 4.90 Å². The van der Waals surface area contributed by atoms with Crippen LogP contribution in [-0.4, -0.2) is 57.5 Å². The Morgan fingerprint density at radius 2 is 1.64 bits per heavy atom. The molecular weight excluding hydrogens is 180 g/mol. The van der Waals surface area contributed by atoms with Crippen LogP contribution >= 0.6 is 0 Å². The molecule has 84 valence electrons. The van der Waals surface area contributed by atoms with Crippen molar-refractivity contribution >= 4 is 0 Å². The fraction of sp³-hybridized carbons (Fsp3) is 1.00. The van der Waals surface area contributed by atoms with Gasteiger partial charge in [-0.05, 0) is 12.8 Å². The van der Waals surface area contributed by atoms with Gasteiger partial charge in [-0.15, -0.1) is 0 Å². The molecule has 0 bridgehead atoms. The van der Waals surface area contributed by atoms with E-state index in [4.69, 9.17) is 15.2 Å². The lowest BCUT2D eigenvalue weighted by atomic mass is 10.2. The Kier molecular flexibility index (Phi) is 4.81. The molecule has 0 atom stereocenters. The van der Waals surface area contributed by atoms with Crippen molar-refractivity contribution in [2.75, 3.05) is 47.1 Å². The number of nitrogens with zero attached hydrogens (tertiary/aromatic N) is 1. The molecule has 1 rings (SSSR count). The zero-order valence-corrected chi connectivity index (χ0v) is 9.29.